The Morgan fingerprint density at radius 3 is 2.72 bits per heavy atom. The molecule has 0 atom stereocenters. The summed E-state index contributed by atoms with van der Waals surface area (Å²) in [7, 11) is 0. The van der Waals surface area contributed by atoms with Crippen molar-refractivity contribution in [1.82, 2.24) is 4.98 Å². The highest BCUT2D eigenvalue weighted by molar-refractivity contribution is 7.15. The SMILES string of the molecule is CCC(CC)(CN)C(=O)Nc1nc2c(s1)CCC2. The van der Waals surface area contributed by atoms with Crippen LogP contribution in [0.1, 0.15) is 43.7 Å². The molecule has 0 saturated carbocycles. The van der Waals surface area contributed by atoms with Gasteiger partial charge in [0.1, 0.15) is 0 Å². The molecule has 1 aromatic rings. The summed E-state index contributed by atoms with van der Waals surface area (Å²) in [5.74, 6) is 0.0161. The van der Waals surface area contributed by atoms with E-state index in [0.29, 0.717) is 6.54 Å². The van der Waals surface area contributed by atoms with Crippen LogP contribution >= 0.6 is 11.3 Å². The molecule has 0 radical (unpaired) electrons. The molecule has 0 unspecified atom stereocenters. The quantitative estimate of drug-likeness (QED) is 0.860. The zero-order valence-corrected chi connectivity index (χ0v) is 11.9. The van der Waals surface area contributed by atoms with Crippen LogP contribution in [0, 0.1) is 5.41 Å². The number of nitrogens with one attached hydrogen (secondary N) is 1. The summed E-state index contributed by atoms with van der Waals surface area (Å²) < 4.78 is 0. The number of carbonyl (C=O) groups excluding carboxylic acids is 1. The third kappa shape index (κ3) is 2.29. The fourth-order valence-corrected chi connectivity index (χ4v) is 3.47. The highest BCUT2D eigenvalue weighted by Crippen LogP contribution is 2.32. The van der Waals surface area contributed by atoms with Crippen molar-refractivity contribution in [2.75, 3.05) is 11.9 Å². The lowest BCUT2D eigenvalue weighted by Gasteiger charge is -2.27. The van der Waals surface area contributed by atoms with E-state index in [-0.39, 0.29) is 5.91 Å². The first-order valence-corrected chi connectivity index (χ1v) is 7.47. The largest absolute Gasteiger partial charge is 0.329 e. The number of nitrogens with two attached hydrogens (primary N) is 1. The lowest BCUT2D eigenvalue weighted by Crippen LogP contribution is -2.41. The highest BCUT2D eigenvalue weighted by Gasteiger charge is 2.34. The number of carbonyl (C=O) groups is 1. The Morgan fingerprint density at radius 2 is 2.17 bits per heavy atom. The van der Waals surface area contributed by atoms with E-state index in [0.717, 1.165) is 30.8 Å². The molecule has 18 heavy (non-hydrogen) atoms. The van der Waals surface area contributed by atoms with Crippen LogP contribution in [-0.4, -0.2) is 17.4 Å². The Kier molecular flexibility index (Phi) is 4.02. The molecule has 1 aliphatic rings. The number of thiazole rings is 1. The second-order valence-corrected chi connectivity index (χ2v) is 5.97. The van der Waals surface area contributed by atoms with Gasteiger partial charge in [-0.1, -0.05) is 13.8 Å². The van der Waals surface area contributed by atoms with Gasteiger partial charge in [0.15, 0.2) is 5.13 Å². The van der Waals surface area contributed by atoms with E-state index >= 15 is 0 Å². The van der Waals surface area contributed by atoms with Crippen molar-refractivity contribution in [3.63, 3.8) is 0 Å². The maximum atomic E-state index is 12.3. The summed E-state index contributed by atoms with van der Waals surface area (Å²) in [6.45, 7) is 4.41. The van der Waals surface area contributed by atoms with Crippen molar-refractivity contribution in [3.05, 3.63) is 10.6 Å². The van der Waals surface area contributed by atoms with Crippen LogP contribution < -0.4 is 11.1 Å². The smallest absolute Gasteiger partial charge is 0.233 e. The molecule has 4 nitrogen and oxygen atoms in total. The zero-order valence-electron chi connectivity index (χ0n) is 11.1. The van der Waals surface area contributed by atoms with Gasteiger partial charge in [-0.15, -0.1) is 11.3 Å². The maximum absolute atomic E-state index is 12.3. The van der Waals surface area contributed by atoms with E-state index in [1.54, 1.807) is 11.3 Å². The number of rotatable bonds is 5. The molecule has 1 heterocycles. The molecular formula is C13H21N3OS. The minimum Gasteiger partial charge on any atom is -0.329 e. The third-order valence-corrected chi connectivity index (χ3v) is 5.11. The third-order valence-electron chi connectivity index (χ3n) is 4.04. The second kappa shape index (κ2) is 5.36. The van der Waals surface area contributed by atoms with E-state index in [2.05, 4.69) is 10.3 Å². The average molecular weight is 267 g/mol. The van der Waals surface area contributed by atoms with E-state index in [9.17, 15) is 4.79 Å². The van der Waals surface area contributed by atoms with Crippen LogP contribution in [0.4, 0.5) is 5.13 Å². The zero-order chi connectivity index (χ0) is 13.2. The number of hydrogen-bond donors (Lipinski definition) is 2. The van der Waals surface area contributed by atoms with Crippen LogP contribution in [0.25, 0.3) is 0 Å². The van der Waals surface area contributed by atoms with Gasteiger partial charge in [0.05, 0.1) is 11.1 Å². The predicted octanol–water partition coefficient (Wildman–Crippen LogP) is 2.34. The van der Waals surface area contributed by atoms with Crippen molar-refractivity contribution in [1.29, 1.82) is 0 Å². The summed E-state index contributed by atoms with van der Waals surface area (Å²) in [6.07, 6.45) is 4.87. The fraction of sp³-hybridized carbons (Fsp3) is 0.692. The molecule has 100 valence electrons. The maximum Gasteiger partial charge on any atom is 0.233 e. The summed E-state index contributed by atoms with van der Waals surface area (Å²) in [5, 5.41) is 3.69. The molecule has 0 fully saturated rings. The predicted molar refractivity (Wildman–Crippen MR) is 74.8 cm³/mol. The Bertz CT molecular complexity index is 408. The van der Waals surface area contributed by atoms with E-state index in [1.807, 2.05) is 13.8 Å². The van der Waals surface area contributed by atoms with Crippen LogP contribution in [0.5, 0.6) is 0 Å². The monoisotopic (exact) mass is 267 g/mol. The molecule has 0 saturated heterocycles. The van der Waals surface area contributed by atoms with Crippen molar-refractivity contribution < 1.29 is 4.79 Å². The lowest BCUT2D eigenvalue weighted by atomic mass is 9.81. The van der Waals surface area contributed by atoms with E-state index in [4.69, 9.17) is 5.73 Å². The molecular weight excluding hydrogens is 246 g/mol. The summed E-state index contributed by atoms with van der Waals surface area (Å²) in [5.41, 5.74) is 6.50. The molecule has 2 rings (SSSR count). The molecule has 0 aromatic carbocycles. The number of amides is 1. The minimum absolute atomic E-state index is 0.0161. The second-order valence-electron chi connectivity index (χ2n) is 4.89. The van der Waals surface area contributed by atoms with Gasteiger partial charge in [-0.25, -0.2) is 4.98 Å². The van der Waals surface area contributed by atoms with Crippen molar-refractivity contribution in [3.8, 4) is 0 Å². The normalized spacial score (nSPS) is 14.6. The highest BCUT2D eigenvalue weighted by atomic mass is 32.1. The first-order chi connectivity index (χ1) is 8.65. The van der Waals surface area contributed by atoms with Gasteiger partial charge in [0.25, 0.3) is 0 Å². The van der Waals surface area contributed by atoms with Crippen molar-refractivity contribution >= 4 is 22.4 Å². The molecule has 0 bridgehead atoms. The van der Waals surface area contributed by atoms with Crippen LogP contribution in [-0.2, 0) is 17.6 Å². The Morgan fingerprint density at radius 1 is 1.44 bits per heavy atom. The summed E-state index contributed by atoms with van der Waals surface area (Å²) in [6, 6.07) is 0. The Labute approximate surface area is 112 Å². The molecule has 1 aromatic heterocycles. The van der Waals surface area contributed by atoms with Gasteiger partial charge >= 0.3 is 0 Å². The van der Waals surface area contributed by atoms with Gasteiger partial charge in [-0.05, 0) is 32.1 Å². The van der Waals surface area contributed by atoms with Crippen molar-refractivity contribution in [2.24, 2.45) is 11.1 Å². The van der Waals surface area contributed by atoms with Crippen LogP contribution in [0.2, 0.25) is 0 Å². The Balaban J connectivity index is 2.10. The fourth-order valence-electron chi connectivity index (χ4n) is 2.43. The topological polar surface area (TPSA) is 68.0 Å². The number of fused-ring (bicyclic) bond motifs is 1. The number of aryl methyl sites for hydroxylation is 2. The first kappa shape index (κ1) is 13.5. The molecule has 5 heteroatoms. The van der Waals surface area contributed by atoms with Gasteiger partial charge in [-0.2, -0.15) is 0 Å². The first-order valence-electron chi connectivity index (χ1n) is 6.65. The minimum atomic E-state index is -0.448. The van der Waals surface area contributed by atoms with Gasteiger partial charge < -0.3 is 11.1 Å². The molecule has 0 spiro atoms. The average Bonchev–Trinajstić information content (AvgIpc) is 2.92. The standard InChI is InChI=1S/C13H21N3OS/c1-3-13(4-2,8-14)11(17)16-12-15-9-6-5-7-10(9)18-12/h3-8,14H2,1-2H3,(H,15,16,17). The van der Waals surface area contributed by atoms with E-state index in [1.165, 1.54) is 17.0 Å². The molecule has 1 aliphatic carbocycles. The molecule has 1 amide bonds. The van der Waals surface area contributed by atoms with Crippen molar-refractivity contribution in [2.45, 2.75) is 46.0 Å². The van der Waals surface area contributed by atoms with Gasteiger partial charge in [-0.3, -0.25) is 4.79 Å². The van der Waals surface area contributed by atoms with Crippen LogP contribution in [0.3, 0.4) is 0 Å². The number of nitrogens with zero attached hydrogens (tertiary/aromatic N) is 1. The number of hydrogen-bond acceptors (Lipinski definition) is 4. The molecule has 0 aliphatic heterocycles. The van der Waals surface area contributed by atoms with Gasteiger partial charge in [0, 0.05) is 11.4 Å². The lowest BCUT2D eigenvalue weighted by molar-refractivity contribution is -0.125. The van der Waals surface area contributed by atoms with Gasteiger partial charge in [0.2, 0.25) is 5.91 Å². The molecule has 3 N–H and O–H groups in total. The summed E-state index contributed by atoms with van der Waals surface area (Å²) >= 11 is 1.61. The summed E-state index contributed by atoms with van der Waals surface area (Å²) in [4.78, 5) is 18.2. The number of anilines is 1. The Hall–Kier alpha value is -0.940. The van der Waals surface area contributed by atoms with E-state index < -0.39 is 5.41 Å². The number of aromatic nitrogens is 1. The van der Waals surface area contributed by atoms with Crippen LogP contribution in [0.15, 0.2) is 0 Å².